The lowest BCUT2D eigenvalue weighted by atomic mass is 10.2. The third-order valence-corrected chi connectivity index (χ3v) is 2.90. The maximum atomic E-state index is 12.2. The minimum Gasteiger partial charge on any atom is -0.480 e. The number of hydrogen-bond acceptors (Lipinski definition) is 4. The SMILES string of the molecule is CC(C(=O)NCC(=O)O)n1cnc2ccccc2c1=O. The van der Waals surface area contributed by atoms with Crippen molar-refractivity contribution in [2.75, 3.05) is 6.54 Å². The van der Waals surface area contributed by atoms with Crippen molar-refractivity contribution in [3.63, 3.8) is 0 Å². The predicted molar refractivity (Wildman–Crippen MR) is 71.4 cm³/mol. The molecule has 0 saturated heterocycles. The summed E-state index contributed by atoms with van der Waals surface area (Å²) in [6.07, 6.45) is 1.29. The highest BCUT2D eigenvalue weighted by Gasteiger charge is 2.17. The van der Waals surface area contributed by atoms with Crippen LogP contribution in [0.4, 0.5) is 0 Å². The van der Waals surface area contributed by atoms with E-state index in [-0.39, 0.29) is 5.56 Å². The first kappa shape index (κ1) is 13.7. The number of carboxylic acid groups (broad SMARTS) is 1. The summed E-state index contributed by atoms with van der Waals surface area (Å²) < 4.78 is 1.18. The molecule has 2 N–H and O–H groups in total. The maximum Gasteiger partial charge on any atom is 0.322 e. The number of carbonyl (C=O) groups is 2. The fraction of sp³-hybridized carbons (Fsp3) is 0.231. The van der Waals surface area contributed by atoms with Crippen molar-refractivity contribution in [1.29, 1.82) is 0 Å². The molecule has 2 aromatic rings. The lowest BCUT2D eigenvalue weighted by Crippen LogP contribution is -2.38. The Kier molecular flexibility index (Phi) is 3.79. The average molecular weight is 275 g/mol. The van der Waals surface area contributed by atoms with E-state index in [4.69, 9.17) is 5.11 Å². The van der Waals surface area contributed by atoms with Crippen LogP contribution in [0.2, 0.25) is 0 Å². The Morgan fingerprint density at radius 3 is 2.80 bits per heavy atom. The molecule has 0 aliphatic carbocycles. The monoisotopic (exact) mass is 275 g/mol. The molecule has 0 fully saturated rings. The number of aromatic nitrogens is 2. The summed E-state index contributed by atoms with van der Waals surface area (Å²) in [7, 11) is 0. The van der Waals surface area contributed by atoms with Gasteiger partial charge < -0.3 is 10.4 Å². The lowest BCUT2D eigenvalue weighted by Gasteiger charge is -2.14. The maximum absolute atomic E-state index is 12.2. The minimum atomic E-state index is -1.14. The van der Waals surface area contributed by atoms with Gasteiger partial charge in [0.15, 0.2) is 0 Å². The molecule has 1 atom stereocenters. The normalized spacial score (nSPS) is 12.1. The molecular weight excluding hydrogens is 262 g/mol. The number of nitrogens with one attached hydrogen (secondary N) is 1. The van der Waals surface area contributed by atoms with Crippen molar-refractivity contribution in [3.05, 3.63) is 40.9 Å². The van der Waals surface area contributed by atoms with Crippen molar-refractivity contribution in [2.24, 2.45) is 0 Å². The summed E-state index contributed by atoms with van der Waals surface area (Å²) in [5.74, 6) is -1.69. The van der Waals surface area contributed by atoms with E-state index in [1.54, 1.807) is 24.3 Å². The van der Waals surface area contributed by atoms with Gasteiger partial charge in [-0.15, -0.1) is 0 Å². The highest BCUT2D eigenvalue weighted by Crippen LogP contribution is 2.08. The molecule has 20 heavy (non-hydrogen) atoms. The first-order chi connectivity index (χ1) is 9.50. The Balaban J connectivity index is 2.33. The Hall–Kier alpha value is -2.70. The second-order valence-electron chi connectivity index (χ2n) is 4.26. The van der Waals surface area contributed by atoms with Gasteiger partial charge in [0.1, 0.15) is 12.6 Å². The molecule has 0 saturated carbocycles. The Labute approximate surface area is 113 Å². The van der Waals surface area contributed by atoms with Gasteiger partial charge in [-0.3, -0.25) is 19.0 Å². The topological polar surface area (TPSA) is 101 Å². The zero-order valence-electron chi connectivity index (χ0n) is 10.7. The molecule has 2 rings (SSSR count). The number of hydrogen-bond donors (Lipinski definition) is 2. The van der Waals surface area contributed by atoms with E-state index in [9.17, 15) is 14.4 Å². The summed E-state index contributed by atoms with van der Waals surface area (Å²) in [4.78, 5) is 38.5. The van der Waals surface area contributed by atoms with Crippen LogP contribution < -0.4 is 10.9 Å². The van der Waals surface area contributed by atoms with E-state index < -0.39 is 24.5 Å². The van der Waals surface area contributed by atoms with Crippen LogP contribution in [0.3, 0.4) is 0 Å². The highest BCUT2D eigenvalue weighted by atomic mass is 16.4. The number of nitrogens with zero attached hydrogens (tertiary/aromatic N) is 2. The molecule has 1 amide bonds. The lowest BCUT2D eigenvalue weighted by molar-refractivity contribution is -0.138. The molecule has 0 aliphatic heterocycles. The van der Waals surface area contributed by atoms with E-state index in [0.717, 1.165) is 0 Å². The largest absolute Gasteiger partial charge is 0.480 e. The number of rotatable bonds is 4. The number of carboxylic acids is 1. The van der Waals surface area contributed by atoms with Crippen molar-refractivity contribution in [2.45, 2.75) is 13.0 Å². The summed E-state index contributed by atoms with van der Waals surface area (Å²) >= 11 is 0. The number of fused-ring (bicyclic) bond motifs is 1. The van der Waals surface area contributed by atoms with Crippen molar-refractivity contribution in [3.8, 4) is 0 Å². The van der Waals surface area contributed by atoms with Crippen LogP contribution in [0.15, 0.2) is 35.4 Å². The van der Waals surface area contributed by atoms with Crippen molar-refractivity contribution >= 4 is 22.8 Å². The van der Waals surface area contributed by atoms with Gasteiger partial charge in [0.2, 0.25) is 5.91 Å². The molecule has 0 aliphatic rings. The summed E-state index contributed by atoms with van der Waals surface area (Å²) in [6.45, 7) is 1.02. The van der Waals surface area contributed by atoms with Crippen LogP contribution in [-0.2, 0) is 9.59 Å². The third-order valence-electron chi connectivity index (χ3n) is 2.90. The van der Waals surface area contributed by atoms with Crippen LogP contribution in [0.1, 0.15) is 13.0 Å². The second kappa shape index (κ2) is 5.52. The number of amides is 1. The van der Waals surface area contributed by atoms with Gasteiger partial charge in [0.25, 0.3) is 5.56 Å². The zero-order chi connectivity index (χ0) is 14.7. The number of aliphatic carboxylic acids is 1. The molecule has 0 spiro atoms. The summed E-state index contributed by atoms with van der Waals surface area (Å²) in [6, 6.07) is 5.98. The first-order valence-corrected chi connectivity index (χ1v) is 5.96. The van der Waals surface area contributed by atoms with Gasteiger partial charge in [-0.2, -0.15) is 0 Å². The fourth-order valence-corrected chi connectivity index (χ4v) is 1.80. The first-order valence-electron chi connectivity index (χ1n) is 5.96. The van der Waals surface area contributed by atoms with Gasteiger partial charge >= 0.3 is 5.97 Å². The predicted octanol–water partition coefficient (Wildman–Crippen LogP) is 0.158. The number of para-hydroxylation sites is 1. The van der Waals surface area contributed by atoms with Crippen LogP contribution in [0.25, 0.3) is 10.9 Å². The van der Waals surface area contributed by atoms with Crippen LogP contribution in [0, 0.1) is 0 Å². The molecule has 7 heteroatoms. The molecule has 7 nitrogen and oxygen atoms in total. The van der Waals surface area contributed by atoms with E-state index in [0.29, 0.717) is 10.9 Å². The van der Waals surface area contributed by atoms with Crippen molar-refractivity contribution in [1.82, 2.24) is 14.9 Å². The van der Waals surface area contributed by atoms with Gasteiger partial charge in [-0.05, 0) is 19.1 Å². The van der Waals surface area contributed by atoms with Crippen LogP contribution >= 0.6 is 0 Å². The minimum absolute atomic E-state index is 0.339. The Bertz CT molecular complexity index is 723. The van der Waals surface area contributed by atoms with Gasteiger partial charge in [0, 0.05) is 0 Å². The summed E-state index contributed by atoms with van der Waals surface area (Å²) in [5, 5.41) is 11.2. The molecule has 0 radical (unpaired) electrons. The molecule has 1 aromatic heterocycles. The quantitative estimate of drug-likeness (QED) is 0.827. The highest BCUT2D eigenvalue weighted by molar-refractivity contribution is 5.84. The molecule has 1 unspecified atom stereocenters. The standard InChI is InChI=1S/C13H13N3O4/c1-8(12(19)14-6-11(17)18)16-7-15-10-5-3-2-4-9(10)13(16)20/h2-5,7-8H,6H2,1H3,(H,14,19)(H,17,18). The smallest absolute Gasteiger partial charge is 0.322 e. The van der Waals surface area contributed by atoms with E-state index in [1.807, 2.05) is 0 Å². The fourth-order valence-electron chi connectivity index (χ4n) is 1.80. The van der Waals surface area contributed by atoms with Gasteiger partial charge in [-0.1, -0.05) is 12.1 Å². The van der Waals surface area contributed by atoms with E-state index in [2.05, 4.69) is 10.3 Å². The van der Waals surface area contributed by atoms with E-state index >= 15 is 0 Å². The van der Waals surface area contributed by atoms with Gasteiger partial charge in [-0.25, -0.2) is 4.98 Å². The van der Waals surface area contributed by atoms with Crippen LogP contribution in [-0.4, -0.2) is 33.1 Å². The summed E-state index contributed by atoms with van der Waals surface area (Å²) in [5.41, 5.74) is 0.209. The zero-order valence-corrected chi connectivity index (χ0v) is 10.7. The molecule has 104 valence electrons. The molecule has 1 aromatic carbocycles. The number of benzene rings is 1. The third kappa shape index (κ3) is 2.66. The Morgan fingerprint density at radius 2 is 2.10 bits per heavy atom. The average Bonchev–Trinajstić information content (AvgIpc) is 2.44. The molecule has 1 heterocycles. The molecule has 0 bridgehead atoms. The Morgan fingerprint density at radius 1 is 1.40 bits per heavy atom. The van der Waals surface area contributed by atoms with Crippen molar-refractivity contribution < 1.29 is 14.7 Å². The second-order valence-corrected chi connectivity index (χ2v) is 4.26. The van der Waals surface area contributed by atoms with Crippen LogP contribution in [0.5, 0.6) is 0 Å². The molecular formula is C13H13N3O4. The van der Waals surface area contributed by atoms with E-state index in [1.165, 1.54) is 17.8 Å². The number of carbonyl (C=O) groups excluding carboxylic acids is 1. The van der Waals surface area contributed by atoms with Gasteiger partial charge in [0.05, 0.1) is 17.2 Å².